The molecule has 0 aliphatic heterocycles. The first kappa shape index (κ1) is 12.0. The molecule has 0 radical (unpaired) electrons. The standard InChI is InChI=1S/C8H12F2N2O3/c1-5(13)8-11-7(15-12-8)2-3-14-4-6(9)10/h5-6,13H,2-4H2,1H3. The van der Waals surface area contributed by atoms with Crippen LogP contribution in [0.25, 0.3) is 0 Å². The first-order valence-electron chi connectivity index (χ1n) is 4.46. The van der Waals surface area contributed by atoms with Gasteiger partial charge in [-0.25, -0.2) is 8.78 Å². The Bertz CT molecular complexity index is 291. The molecule has 0 saturated carbocycles. The van der Waals surface area contributed by atoms with Crippen LogP contribution in [0.5, 0.6) is 0 Å². The van der Waals surface area contributed by atoms with E-state index in [9.17, 15) is 8.78 Å². The molecule has 1 atom stereocenters. The third-order valence-corrected chi connectivity index (χ3v) is 1.56. The molecule has 1 aromatic heterocycles. The normalized spacial score (nSPS) is 13.4. The lowest BCUT2D eigenvalue weighted by Gasteiger charge is -1.99. The maximum Gasteiger partial charge on any atom is 0.261 e. The molecule has 1 unspecified atom stereocenters. The van der Waals surface area contributed by atoms with Gasteiger partial charge >= 0.3 is 0 Å². The number of aromatic nitrogens is 2. The van der Waals surface area contributed by atoms with Crippen molar-refractivity contribution in [1.29, 1.82) is 0 Å². The monoisotopic (exact) mass is 222 g/mol. The highest BCUT2D eigenvalue weighted by Gasteiger charge is 2.10. The maximum absolute atomic E-state index is 11.7. The van der Waals surface area contributed by atoms with E-state index in [0.717, 1.165) is 0 Å². The van der Waals surface area contributed by atoms with E-state index in [4.69, 9.17) is 9.63 Å². The van der Waals surface area contributed by atoms with Crippen LogP contribution in [0.15, 0.2) is 4.52 Å². The number of nitrogens with zero attached hydrogens (tertiary/aromatic N) is 2. The predicted octanol–water partition coefficient (Wildman–Crippen LogP) is 0.947. The van der Waals surface area contributed by atoms with Gasteiger partial charge in [-0.1, -0.05) is 5.16 Å². The molecule has 5 nitrogen and oxygen atoms in total. The van der Waals surface area contributed by atoms with Gasteiger partial charge in [0.25, 0.3) is 6.43 Å². The molecule has 0 fully saturated rings. The summed E-state index contributed by atoms with van der Waals surface area (Å²) in [5, 5.41) is 12.6. The first-order valence-corrected chi connectivity index (χ1v) is 4.46. The zero-order valence-corrected chi connectivity index (χ0v) is 8.19. The van der Waals surface area contributed by atoms with Crippen LogP contribution in [0.1, 0.15) is 24.7 Å². The average molecular weight is 222 g/mol. The van der Waals surface area contributed by atoms with E-state index in [1.807, 2.05) is 0 Å². The number of aliphatic hydroxyl groups is 1. The molecule has 1 N–H and O–H groups in total. The van der Waals surface area contributed by atoms with E-state index >= 15 is 0 Å². The van der Waals surface area contributed by atoms with Crippen LogP contribution in [0.4, 0.5) is 8.78 Å². The minimum Gasteiger partial charge on any atom is -0.385 e. The number of hydrogen-bond acceptors (Lipinski definition) is 5. The van der Waals surface area contributed by atoms with E-state index in [1.54, 1.807) is 0 Å². The molecule has 1 heterocycles. The van der Waals surface area contributed by atoms with Crippen molar-refractivity contribution in [3.63, 3.8) is 0 Å². The minimum atomic E-state index is -2.47. The Morgan fingerprint density at radius 3 is 2.80 bits per heavy atom. The summed E-state index contributed by atoms with van der Waals surface area (Å²) >= 11 is 0. The van der Waals surface area contributed by atoms with Crippen molar-refractivity contribution in [2.24, 2.45) is 0 Å². The Morgan fingerprint density at radius 1 is 1.53 bits per heavy atom. The van der Waals surface area contributed by atoms with E-state index in [2.05, 4.69) is 14.9 Å². The number of rotatable bonds is 6. The molecule has 0 bridgehead atoms. The highest BCUT2D eigenvalue weighted by Crippen LogP contribution is 2.07. The molecule has 0 saturated heterocycles. The third-order valence-electron chi connectivity index (χ3n) is 1.56. The third kappa shape index (κ3) is 4.30. The Balaban J connectivity index is 2.26. The highest BCUT2D eigenvalue weighted by molar-refractivity contribution is 4.88. The zero-order valence-electron chi connectivity index (χ0n) is 8.19. The second kappa shape index (κ2) is 5.72. The van der Waals surface area contributed by atoms with Crippen LogP contribution in [0.2, 0.25) is 0 Å². The van der Waals surface area contributed by atoms with Crippen molar-refractivity contribution in [3.8, 4) is 0 Å². The van der Waals surface area contributed by atoms with Crippen LogP contribution in [0, 0.1) is 0 Å². The van der Waals surface area contributed by atoms with Gasteiger partial charge in [-0.05, 0) is 6.92 Å². The molecule has 0 amide bonds. The van der Waals surface area contributed by atoms with Crippen LogP contribution in [0.3, 0.4) is 0 Å². The molecule has 7 heteroatoms. The summed E-state index contributed by atoms with van der Waals surface area (Å²) in [5.41, 5.74) is 0. The average Bonchev–Trinajstić information content (AvgIpc) is 2.60. The SMILES string of the molecule is CC(O)c1noc(CCOCC(F)F)n1. The second-order valence-corrected chi connectivity index (χ2v) is 2.94. The van der Waals surface area contributed by atoms with Gasteiger partial charge in [-0.15, -0.1) is 0 Å². The fourth-order valence-electron chi connectivity index (χ4n) is 0.871. The van der Waals surface area contributed by atoms with Crippen LogP contribution in [-0.2, 0) is 11.2 Å². The van der Waals surface area contributed by atoms with E-state index < -0.39 is 19.1 Å². The maximum atomic E-state index is 11.7. The molecule has 15 heavy (non-hydrogen) atoms. The van der Waals surface area contributed by atoms with Gasteiger partial charge in [-0.3, -0.25) is 0 Å². The summed E-state index contributed by atoms with van der Waals surface area (Å²) in [6.45, 7) is 0.991. The molecule has 1 rings (SSSR count). The molecular formula is C8H12F2N2O3. The Hall–Kier alpha value is -1.08. The lowest BCUT2D eigenvalue weighted by molar-refractivity contribution is 0.0171. The quantitative estimate of drug-likeness (QED) is 0.725. The first-order chi connectivity index (χ1) is 7.09. The van der Waals surface area contributed by atoms with Gasteiger partial charge in [0.1, 0.15) is 12.7 Å². The van der Waals surface area contributed by atoms with E-state index in [0.29, 0.717) is 0 Å². The van der Waals surface area contributed by atoms with Gasteiger partial charge in [0, 0.05) is 0 Å². The predicted molar refractivity (Wildman–Crippen MR) is 45.5 cm³/mol. The number of alkyl halides is 2. The Morgan fingerprint density at radius 2 is 2.27 bits per heavy atom. The number of aliphatic hydroxyl groups excluding tert-OH is 1. The zero-order chi connectivity index (χ0) is 11.3. The second-order valence-electron chi connectivity index (χ2n) is 2.94. The minimum absolute atomic E-state index is 0.0891. The van der Waals surface area contributed by atoms with Gasteiger partial charge in [0.2, 0.25) is 5.89 Å². The molecule has 0 aromatic carbocycles. The number of hydrogen-bond donors (Lipinski definition) is 1. The van der Waals surface area contributed by atoms with E-state index in [-0.39, 0.29) is 24.7 Å². The molecule has 86 valence electrons. The van der Waals surface area contributed by atoms with Crippen molar-refractivity contribution in [2.75, 3.05) is 13.2 Å². The van der Waals surface area contributed by atoms with Crippen molar-refractivity contribution in [3.05, 3.63) is 11.7 Å². The lowest BCUT2D eigenvalue weighted by atomic mass is 10.4. The van der Waals surface area contributed by atoms with Gasteiger partial charge in [-0.2, -0.15) is 4.98 Å². The largest absolute Gasteiger partial charge is 0.385 e. The topological polar surface area (TPSA) is 68.4 Å². The highest BCUT2D eigenvalue weighted by atomic mass is 19.3. The summed E-state index contributed by atoms with van der Waals surface area (Å²) in [4.78, 5) is 3.83. The molecule has 1 aromatic rings. The molecule has 0 aliphatic rings. The summed E-state index contributed by atoms with van der Waals surface area (Å²) in [7, 11) is 0. The summed E-state index contributed by atoms with van der Waals surface area (Å²) in [5.74, 6) is 0.444. The molecule has 0 spiro atoms. The van der Waals surface area contributed by atoms with Gasteiger partial charge < -0.3 is 14.4 Å². The fourth-order valence-corrected chi connectivity index (χ4v) is 0.871. The molecule has 0 aliphatic carbocycles. The van der Waals surface area contributed by atoms with E-state index in [1.165, 1.54) is 6.92 Å². The fraction of sp³-hybridized carbons (Fsp3) is 0.750. The van der Waals surface area contributed by atoms with Crippen molar-refractivity contribution >= 4 is 0 Å². The van der Waals surface area contributed by atoms with Gasteiger partial charge in [0.15, 0.2) is 5.82 Å². The lowest BCUT2D eigenvalue weighted by Crippen LogP contribution is -2.07. The van der Waals surface area contributed by atoms with Crippen molar-refractivity contribution in [2.45, 2.75) is 25.9 Å². The Kier molecular flexibility index (Phi) is 4.57. The van der Waals surface area contributed by atoms with Gasteiger partial charge in [0.05, 0.1) is 13.0 Å². The van der Waals surface area contributed by atoms with Crippen molar-refractivity contribution in [1.82, 2.24) is 10.1 Å². The van der Waals surface area contributed by atoms with Crippen LogP contribution in [-0.4, -0.2) is 34.9 Å². The van der Waals surface area contributed by atoms with Crippen LogP contribution >= 0.6 is 0 Å². The number of ether oxygens (including phenoxy) is 1. The summed E-state index contributed by atoms with van der Waals surface area (Å²) in [6, 6.07) is 0. The summed E-state index contributed by atoms with van der Waals surface area (Å²) < 4.78 is 32.7. The van der Waals surface area contributed by atoms with Crippen LogP contribution < -0.4 is 0 Å². The smallest absolute Gasteiger partial charge is 0.261 e. The number of halogens is 2. The molecular weight excluding hydrogens is 210 g/mol. The summed E-state index contributed by atoms with van der Waals surface area (Å²) in [6.07, 6.45) is -3.02. The Labute approximate surface area is 85.0 Å². The van der Waals surface area contributed by atoms with Crippen molar-refractivity contribution < 1.29 is 23.1 Å².